The molecule has 0 aliphatic carbocycles. The Kier molecular flexibility index (Phi) is 3.91. The predicted molar refractivity (Wildman–Crippen MR) is 75.2 cm³/mol. The molecule has 0 bridgehead atoms. The summed E-state index contributed by atoms with van der Waals surface area (Å²) in [4.78, 5) is 22.1. The van der Waals surface area contributed by atoms with E-state index in [1.54, 1.807) is 30.3 Å². The highest BCUT2D eigenvalue weighted by Gasteiger charge is 2.11. The number of hydrogen-bond donors (Lipinski definition) is 1. The Morgan fingerprint density at radius 1 is 1.16 bits per heavy atom. The third-order valence-electron chi connectivity index (χ3n) is 2.43. The first-order chi connectivity index (χ1) is 9.08. The van der Waals surface area contributed by atoms with Gasteiger partial charge in [0, 0.05) is 22.3 Å². The summed E-state index contributed by atoms with van der Waals surface area (Å²) in [5.41, 5.74) is 0.786. The summed E-state index contributed by atoms with van der Waals surface area (Å²) in [6, 6.07) is 12.8. The topological polar surface area (TPSA) is 72.2 Å². The Bertz CT molecular complexity index is 643. The lowest BCUT2D eigenvalue weighted by Crippen LogP contribution is -2.12. The summed E-state index contributed by atoms with van der Waals surface area (Å²) >= 11 is 3.28. The van der Waals surface area contributed by atoms with Crippen LogP contribution >= 0.6 is 15.9 Å². The van der Waals surface area contributed by atoms with E-state index >= 15 is 0 Å². The van der Waals surface area contributed by atoms with Gasteiger partial charge < -0.3 is 5.32 Å². The van der Waals surface area contributed by atoms with E-state index in [9.17, 15) is 14.9 Å². The number of non-ortho nitro benzene ring substituents is 1. The number of nitro benzene ring substituents is 1. The maximum Gasteiger partial charge on any atom is 0.271 e. The van der Waals surface area contributed by atoms with Gasteiger partial charge in [-0.15, -0.1) is 0 Å². The van der Waals surface area contributed by atoms with E-state index in [1.807, 2.05) is 0 Å². The molecular formula is C13H9BrN2O3. The molecule has 0 spiro atoms. The van der Waals surface area contributed by atoms with Crippen molar-refractivity contribution in [2.45, 2.75) is 0 Å². The van der Waals surface area contributed by atoms with Crippen LogP contribution in [0.3, 0.4) is 0 Å². The molecule has 0 aromatic heterocycles. The number of hydrogen-bond acceptors (Lipinski definition) is 3. The average molecular weight is 321 g/mol. The molecule has 0 radical (unpaired) electrons. The van der Waals surface area contributed by atoms with Gasteiger partial charge >= 0.3 is 0 Å². The second kappa shape index (κ2) is 5.62. The van der Waals surface area contributed by atoms with Crippen molar-refractivity contribution in [3.8, 4) is 0 Å². The molecule has 0 saturated carbocycles. The van der Waals surface area contributed by atoms with E-state index in [-0.39, 0.29) is 11.6 Å². The largest absolute Gasteiger partial charge is 0.322 e. The van der Waals surface area contributed by atoms with Gasteiger partial charge in [-0.1, -0.05) is 18.2 Å². The Morgan fingerprint density at radius 3 is 2.58 bits per heavy atom. The number of benzene rings is 2. The van der Waals surface area contributed by atoms with E-state index in [0.29, 0.717) is 15.7 Å². The number of halogens is 1. The highest BCUT2D eigenvalue weighted by Crippen LogP contribution is 2.20. The minimum absolute atomic E-state index is 0.0649. The van der Waals surface area contributed by atoms with Crippen LogP contribution < -0.4 is 5.32 Å². The van der Waals surface area contributed by atoms with Crippen LogP contribution in [0.15, 0.2) is 53.0 Å². The SMILES string of the molecule is O=C(Nc1cccc([N+](=O)[O-])c1)c1ccccc1Br. The molecule has 6 heteroatoms. The molecule has 0 aliphatic rings. The average Bonchev–Trinajstić information content (AvgIpc) is 2.39. The van der Waals surface area contributed by atoms with E-state index in [1.165, 1.54) is 18.2 Å². The van der Waals surface area contributed by atoms with Gasteiger partial charge in [-0.25, -0.2) is 0 Å². The van der Waals surface area contributed by atoms with E-state index < -0.39 is 4.92 Å². The first-order valence-corrected chi connectivity index (χ1v) is 6.17. The van der Waals surface area contributed by atoms with Crippen molar-refractivity contribution in [1.82, 2.24) is 0 Å². The zero-order valence-electron chi connectivity index (χ0n) is 9.67. The van der Waals surface area contributed by atoms with Crippen molar-refractivity contribution in [2.75, 3.05) is 5.32 Å². The number of nitrogens with one attached hydrogen (secondary N) is 1. The van der Waals surface area contributed by atoms with Crippen LogP contribution in [-0.4, -0.2) is 10.8 Å². The molecule has 96 valence electrons. The number of nitro groups is 1. The molecule has 5 nitrogen and oxygen atoms in total. The summed E-state index contributed by atoms with van der Waals surface area (Å²) in [6.07, 6.45) is 0. The summed E-state index contributed by atoms with van der Waals surface area (Å²) < 4.78 is 0.665. The predicted octanol–water partition coefficient (Wildman–Crippen LogP) is 3.61. The minimum atomic E-state index is -0.506. The number of carbonyl (C=O) groups excluding carboxylic acids is 1. The standard InChI is InChI=1S/C13H9BrN2O3/c14-12-7-2-1-6-11(12)13(17)15-9-4-3-5-10(8-9)16(18)19/h1-8H,(H,15,17). The second-order valence-corrected chi connectivity index (χ2v) is 4.60. The Balaban J connectivity index is 2.22. The zero-order valence-corrected chi connectivity index (χ0v) is 11.3. The van der Waals surface area contributed by atoms with Gasteiger partial charge in [0.25, 0.3) is 11.6 Å². The normalized spacial score (nSPS) is 9.95. The summed E-state index contributed by atoms with van der Waals surface area (Å²) in [5.74, 6) is -0.326. The molecule has 0 heterocycles. The third-order valence-corrected chi connectivity index (χ3v) is 3.12. The van der Waals surface area contributed by atoms with Gasteiger partial charge in [0.05, 0.1) is 10.5 Å². The first-order valence-electron chi connectivity index (χ1n) is 5.38. The molecule has 0 saturated heterocycles. The highest BCUT2D eigenvalue weighted by atomic mass is 79.9. The van der Waals surface area contributed by atoms with Gasteiger partial charge in [-0.3, -0.25) is 14.9 Å². The summed E-state index contributed by atoms with van der Waals surface area (Å²) in [5, 5.41) is 13.3. The van der Waals surface area contributed by atoms with Crippen molar-refractivity contribution in [2.24, 2.45) is 0 Å². The molecule has 2 rings (SSSR count). The van der Waals surface area contributed by atoms with Crippen LogP contribution in [0.5, 0.6) is 0 Å². The Morgan fingerprint density at radius 2 is 1.89 bits per heavy atom. The van der Waals surface area contributed by atoms with Crippen LogP contribution in [0.4, 0.5) is 11.4 Å². The van der Waals surface area contributed by atoms with E-state index in [4.69, 9.17) is 0 Å². The van der Waals surface area contributed by atoms with Crippen molar-refractivity contribution >= 4 is 33.2 Å². The monoisotopic (exact) mass is 320 g/mol. The minimum Gasteiger partial charge on any atom is -0.322 e. The molecular weight excluding hydrogens is 312 g/mol. The van der Waals surface area contributed by atoms with Crippen molar-refractivity contribution in [1.29, 1.82) is 0 Å². The van der Waals surface area contributed by atoms with Crippen molar-refractivity contribution < 1.29 is 9.72 Å². The van der Waals surface area contributed by atoms with Gasteiger partial charge in [-0.2, -0.15) is 0 Å². The lowest BCUT2D eigenvalue weighted by Gasteiger charge is -2.06. The molecule has 2 aromatic carbocycles. The van der Waals surface area contributed by atoms with Gasteiger partial charge in [0.2, 0.25) is 0 Å². The van der Waals surface area contributed by atoms with Gasteiger partial charge in [0.15, 0.2) is 0 Å². The fourth-order valence-corrected chi connectivity index (χ4v) is 2.01. The van der Waals surface area contributed by atoms with Crippen molar-refractivity contribution in [3.05, 3.63) is 68.7 Å². The molecule has 0 aliphatic heterocycles. The fourth-order valence-electron chi connectivity index (χ4n) is 1.54. The quantitative estimate of drug-likeness (QED) is 0.693. The summed E-state index contributed by atoms with van der Waals surface area (Å²) in [7, 11) is 0. The molecule has 2 aromatic rings. The van der Waals surface area contributed by atoms with Gasteiger partial charge in [0.1, 0.15) is 0 Å². The number of rotatable bonds is 3. The van der Waals surface area contributed by atoms with E-state index in [2.05, 4.69) is 21.2 Å². The number of nitrogens with zero attached hydrogens (tertiary/aromatic N) is 1. The Labute approximate surface area is 117 Å². The number of amides is 1. The van der Waals surface area contributed by atoms with Crippen molar-refractivity contribution in [3.63, 3.8) is 0 Å². The zero-order chi connectivity index (χ0) is 13.8. The molecule has 19 heavy (non-hydrogen) atoms. The maximum atomic E-state index is 12.0. The van der Waals surface area contributed by atoms with Crippen LogP contribution in [0.2, 0.25) is 0 Å². The molecule has 0 fully saturated rings. The maximum absolute atomic E-state index is 12.0. The highest BCUT2D eigenvalue weighted by molar-refractivity contribution is 9.10. The lowest BCUT2D eigenvalue weighted by atomic mass is 10.2. The molecule has 0 atom stereocenters. The lowest BCUT2D eigenvalue weighted by molar-refractivity contribution is -0.384. The summed E-state index contributed by atoms with van der Waals surface area (Å²) in [6.45, 7) is 0. The van der Waals surface area contributed by atoms with Crippen LogP contribution in [0.25, 0.3) is 0 Å². The fraction of sp³-hybridized carbons (Fsp3) is 0. The third kappa shape index (κ3) is 3.17. The smallest absolute Gasteiger partial charge is 0.271 e. The van der Waals surface area contributed by atoms with Gasteiger partial charge in [-0.05, 0) is 34.1 Å². The number of anilines is 1. The van der Waals surface area contributed by atoms with Crippen LogP contribution in [0, 0.1) is 10.1 Å². The van der Waals surface area contributed by atoms with Crippen LogP contribution in [-0.2, 0) is 0 Å². The Hall–Kier alpha value is -2.21. The molecule has 0 unspecified atom stereocenters. The van der Waals surface area contributed by atoms with Crippen LogP contribution in [0.1, 0.15) is 10.4 Å². The van der Waals surface area contributed by atoms with E-state index in [0.717, 1.165) is 0 Å². The second-order valence-electron chi connectivity index (χ2n) is 3.74. The molecule has 1 N–H and O–H groups in total. The number of carbonyl (C=O) groups is 1. The molecule has 1 amide bonds. The first kappa shape index (κ1) is 13.2.